The van der Waals surface area contributed by atoms with E-state index in [1.54, 1.807) is 0 Å². The lowest BCUT2D eigenvalue weighted by molar-refractivity contribution is 0.266. The van der Waals surface area contributed by atoms with E-state index in [0.717, 1.165) is 39.1 Å². The summed E-state index contributed by atoms with van der Waals surface area (Å²) in [6, 6.07) is 32.5. The lowest BCUT2D eigenvalue weighted by Gasteiger charge is -2.27. The van der Waals surface area contributed by atoms with Crippen molar-refractivity contribution in [3.63, 3.8) is 0 Å². The van der Waals surface area contributed by atoms with Gasteiger partial charge < -0.3 is 4.90 Å². The number of para-hydroxylation sites is 1. The number of anilines is 1. The maximum Gasteiger partial charge on any atom is 0.0366 e. The minimum atomic E-state index is 1.02. The van der Waals surface area contributed by atoms with Gasteiger partial charge >= 0.3 is 0 Å². The van der Waals surface area contributed by atoms with Crippen molar-refractivity contribution in [1.29, 1.82) is 0 Å². The number of hydrogen-bond acceptors (Lipinski definition) is 2. The van der Waals surface area contributed by atoms with Crippen LogP contribution in [0.3, 0.4) is 0 Å². The highest BCUT2D eigenvalue weighted by atomic mass is 15.1. The molecule has 0 aliphatic rings. The van der Waals surface area contributed by atoms with Crippen molar-refractivity contribution in [3.8, 4) is 0 Å². The van der Waals surface area contributed by atoms with E-state index in [0.29, 0.717) is 0 Å². The van der Waals surface area contributed by atoms with Crippen molar-refractivity contribution in [2.75, 3.05) is 31.1 Å². The van der Waals surface area contributed by atoms with Gasteiger partial charge in [0.2, 0.25) is 0 Å². The summed E-state index contributed by atoms with van der Waals surface area (Å²) in [7, 11) is 0. The molecule has 2 nitrogen and oxygen atoms in total. The Morgan fingerprint density at radius 3 is 1.79 bits per heavy atom. The van der Waals surface area contributed by atoms with Crippen molar-refractivity contribution in [2.45, 2.75) is 32.7 Å². The van der Waals surface area contributed by atoms with Crippen molar-refractivity contribution in [3.05, 3.63) is 102 Å². The summed E-state index contributed by atoms with van der Waals surface area (Å²) in [4.78, 5) is 5.13. The zero-order valence-electron chi connectivity index (χ0n) is 17.7. The molecule has 3 aromatic rings. The zero-order valence-corrected chi connectivity index (χ0v) is 17.7. The van der Waals surface area contributed by atoms with Crippen molar-refractivity contribution in [1.82, 2.24) is 4.90 Å². The molecular formula is C27H34N2. The van der Waals surface area contributed by atoms with Crippen LogP contribution in [-0.4, -0.2) is 31.1 Å². The van der Waals surface area contributed by atoms with E-state index >= 15 is 0 Å². The molecule has 0 saturated carbocycles. The van der Waals surface area contributed by atoms with E-state index in [2.05, 4.69) is 108 Å². The quantitative estimate of drug-likeness (QED) is 0.374. The molecule has 0 spiro atoms. The second-order valence-electron chi connectivity index (χ2n) is 7.67. The Morgan fingerprint density at radius 2 is 1.17 bits per heavy atom. The number of hydrogen-bond donors (Lipinski definition) is 0. The number of benzene rings is 3. The first kappa shape index (κ1) is 21.1. The standard InChI is InChI=1S/C27H34N2/c1-2-20-29(27-17-10-5-11-18-27)22-12-21-28(24-26-15-8-4-9-16-26)23-19-25-13-6-3-7-14-25/h3-11,13-18H,2,12,19-24H2,1H3. The average Bonchev–Trinajstić information content (AvgIpc) is 2.79. The van der Waals surface area contributed by atoms with Gasteiger partial charge in [-0.1, -0.05) is 85.8 Å². The van der Waals surface area contributed by atoms with Gasteiger partial charge in [0.25, 0.3) is 0 Å². The van der Waals surface area contributed by atoms with Gasteiger partial charge in [0.1, 0.15) is 0 Å². The normalized spacial score (nSPS) is 11.0. The van der Waals surface area contributed by atoms with Crippen molar-refractivity contribution < 1.29 is 0 Å². The molecule has 3 aromatic carbocycles. The van der Waals surface area contributed by atoms with Crippen LogP contribution in [0.5, 0.6) is 0 Å². The van der Waals surface area contributed by atoms with Gasteiger partial charge in [-0.3, -0.25) is 4.90 Å². The Bertz CT molecular complexity index is 787. The van der Waals surface area contributed by atoms with Crippen molar-refractivity contribution in [2.24, 2.45) is 0 Å². The van der Waals surface area contributed by atoms with Crippen molar-refractivity contribution >= 4 is 5.69 Å². The molecule has 0 unspecified atom stereocenters. The molecule has 0 aliphatic heterocycles. The van der Waals surface area contributed by atoms with E-state index in [1.807, 2.05) is 0 Å². The van der Waals surface area contributed by atoms with E-state index in [-0.39, 0.29) is 0 Å². The highest BCUT2D eigenvalue weighted by molar-refractivity contribution is 5.45. The summed E-state index contributed by atoms with van der Waals surface area (Å²) in [6.45, 7) is 7.72. The predicted octanol–water partition coefficient (Wildman–Crippen LogP) is 6.04. The number of rotatable bonds is 12. The molecule has 0 fully saturated rings. The summed E-state index contributed by atoms with van der Waals surface area (Å²) in [6.07, 6.45) is 3.46. The molecule has 0 N–H and O–H groups in total. The average molecular weight is 387 g/mol. The third-order valence-corrected chi connectivity index (χ3v) is 5.33. The molecule has 0 saturated heterocycles. The Balaban J connectivity index is 1.57. The zero-order chi connectivity index (χ0) is 20.2. The maximum absolute atomic E-state index is 2.61. The molecular weight excluding hydrogens is 352 g/mol. The van der Waals surface area contributed by atoms with Gasteiger partial charge in [0.15, 0.2) is 0 Å². The summed E-state index contributed by atoms with van der Waals surface area (Å²) in [5.41, 5.74) is 4.16. The number of nitrogens with zero attached hydrogens (tertiary/aromatic N) is 2. The summed E-state index contributed by atoms with van der Waals surface area (Å²) >= 11 is 0. The summed E-state index contributed by atoms with van der Waals surface area (Å²) in [5.74, 6) is 0. The fraction of sp³-hybridized carbons (Fsp3) is 0.333. The molecule has 0 aliphatic carbocycles. The van der Waals surface area contributed by atoms with Gasteiger partial charge in [-0.25, -0.2) is 0 Å². The second kappa shape index (κ2) is 12.1. The Kier molecular flexibility index (Phi) is 8.81. The smallest absolute Gasteiger partial charge is 0.0366 e. The first-order chi connectivity index (χ1) is 14.3. The Morgan fingerprint density at radius 1 is 0.586 bits per heavy atom. The van der Waals surface area contributed by atoms with E-state index in [1.165, 1.54) is 29.7 Å². The molecule has 0 aromatic heterocycles. The Hall–Kier alpha value is -2.58. The fourth-order valence-corrected chi connectivity index (χ4v) is 3.81. The van der Waals surface area contributed by atoms with Gasteiger partial charge in [-0.15, -0.1) is 0 Å². The molecule has 29 heavy (non-hydrogen) atoms. The minimum Gasteiger partial charge on any atom is -0.371 e. The third kappa shape index (κ3) is 7.40. The monoisotopic (exact) mass is 386 g/mol. The highest BCUT2D eigenvalue weighted by Gasteiger charge is 2.09. The SMILES string of the molecule is CCCN(CCCN(CCc1ccccc1)Cc1ccccc1)c1ccccc1. The van der Waals surface area contributed by atoms with Crippen LogP contribution in [0.25, 0.3) is 0 Å². The molecule has 152 valence electrons. The van der Waals surface area contributed by atoms with Crippen LogP contribution >= 0.6 is 0 Å². The van der Waals surface area contributed by atoms with Gasteiger partial charge in [-0.05, 0) is 42.5 Å². The van der Waals surface area contributed by atoms with Gasteiger partial charge in [-0.2, -0.15) is 0 Å². The molecule has 0 bridgehead atoms. The molecule has 0 atom stereocenters. The van der Waals surface area contributed by atoms with Crippen LogP contribution in [0.2, 0.25) is 0 Å². The van der Waals surface area contributed by atoms with Gasteiger partial charge in [0.05, 0.1) is 0 Å². The fourth-order valence-electron chi connectivity index (χ4n) is 3.81. The maximum atomic E-state index is 2.61. The molecule has 0 radical (unpaired) electrons. The van der Waals surface area contributed by atoms with E-state index in [4.69, 9.17) is 0 Å². The predicted molar refractivity (Wildman–Crippen MR) is 125 cm³/mol. The Labute approximate surface area is 176 Å². The lowest BCUT2D eigenvalue weighted by Crippen LogP contribution is -2.31. The summed E-state index contributed by atoms with van der Waals surface area (Å²) in [5, 5.41) is 0. The first-order valence-corrected chi connectivity index (χ1v) is 11.0. The summed E-state index contributed by atoms with van der Waals surface area (Å²) < 4.78 is 0. The van der Waals surface area contributed by atoms with Crippen LogP contribution in [0, 0.1) is 0 Å². The van der Waals surface area contributed by atoms with Crippen LogP contribution in [0.15, 0.2) is 91.0 Å². The third-order valence-electron chi connectivity index (χ3n) is 5.33. The van der Waals surface area contributed by atoms with Crippen LogP contribution < -0.4 is 4.90 Å². The van der Waals surface area contributed by atoms with Crippen LogP contribution in [0.4, 0.5) is 5.69 Å². The molecule has 0 amide bonds. The minimum absolute atomic E-state index is 1.02. The van der Waals surface area contributed by atoms with Crippen LogP contribution in [0.1, 0.15) is 30.9 Å². The largest absolute Gasteiger partial charge is 0.371 e. The highest BCUT2D eigenvalue weighted by Crippen LogP contribution is 2.15. The van der Waals surface area contributed by atoms with E-state index < -0.39 is 0 Å². The second-order valence-corrected chi connectivity index (χ2v) is 7.67. The lowest BCUT2D eigenvalue weighted by atomic mass is 10.1. The van der Waals surface area contributed by atoms with E-state index in [9.17, 15) is 0 Å². The first-order valence-electron chi connectivity index (χ1n) is 11.0. The van der Waals surface area contributed by atoms with Crippen LogP contribution in [-0.2, 0) is 13.0 Å². The molecule has 2 heteroatoms. The molecule has 3 rings (SSSR count). The van der Waals surface area contributed by atoms with Gasteiger partial charge in [0, 0.05) is 38.4 Å². The topological polar surface area (TPSA) is 6.48 Å². The molecule has 0 heterocycles.